The van der Waals surface area contributed by atoms with Crippen molar-refractivity contribution in [1.29, 1.82) is 0 Å². The molecule has 0 saturated carbocycles. The highest BCUT2D eigenvalue weighted by Crippen LogP contribution is 2.26. The molecule has 0 bridgehead atoms. The highest BCUT2D eigenvalue weighted by atomic mass is 35.5. The number of hydrogen-bond acceptors (Lipinski definition) is 5. The molecule has 0 unspecified atom stereocenters. The van der Waals surface area contributed by atoms with Crippen LogP contribution in [0.1, 0.15) is 0 Å². The van der Waals surface area contributed by atoms with Gasteiger partial charge >= 0.3 is 0 Å². The molecule has 0 spiro atoms. The van der Waals surface area contributed by atoms with E-state index in [2.05, 4.69) is 15.5 Å². The summed E-state index contributed by atoms with van der Waals surface area (Å²) in [5.41, 5.74) is 1.52. The number of fused-ring (bicyclic) bond motifs is 1. The summed E-state index contributed by atoms with van der Waals surface area (Å²) < 4.78 is 5.60. The molecule has 1 heterocycles. The number of carbonyl (C=O) groups excluding carboxylic acids is 1. The summed E-state index contributed by atoms with van der Waals surface area (Å²) in [5.74, 6) is 0.397. The molecule has 0 atom stereocenters. The number of benzene rings is 3. The van der Waals surface area contributed by atoms with Gasteiger partial charge in [-0.1, -0.05) is 65.8 Å². The van der Waals surface area contributed by atoms with Crippen molar-refractivity contribution >= 4 is 45.7 Å². The van der Waals surface area contributed by atoms with Crippen molar-refractivity contribution in [2.75, 3.05) is 11.1 Å². The lowest BCUT2D eigenvalue weighted by Gasteiger charge is -2.07. The van der Waals surface area contributed by atoms with Gasteiger partial charge in [-0.05, 0) is 29.7 Å². The smallest absolute Gasteiger partial charge is 0.277 e. The Morgan fingerprint density at radius 3 is 2.74 bits per heavy atom. The van der Waals surface area contributed by atoms with Crippen LogP contribution in [0.2, 0.25) is 5.02 Å². The van der Waals surface area contributed by atoms with Crippen LogP contribution < -0.4 is 5.32 Å². The van der Waals surface area contributed by atoms with Crippen molar-refractivity contribution < 1.29 is 9.21 Å². The predicted octanol–water partition coefficient (Wildman–Crippen LogP) is 5.27. The normalized spacial score (nSPS) is 10.9. The van der Waals surface area contributed by atoms with Gasteiger partial charge in [0.25, 0.3) is 5.22 Å². The highest BCUT2D eigenvalue weighted by Gasteiger charge is 2.12. The zero-order valence-corrected chi connectivity index (χ0v) is 15.6. The standard InChI is InChI=1S/C20H14ClN3O2S/c21-15-8-3-7-14(11-15)19-23-24-20(26-19)27-12-18(25)22-17-10-4-6-13-5-1-2-9-16(13)17/h1-11H,12H2,(H,22,25). The highest BCUT2D eigenvalue weighted by molar-refractivity contribution is 7.99. The second-order valence-corrected chi connectivity index (χ2v) is 7.11. The van der Waals surface area contributed by atoms with Crippen LogP contribution in [-0.4, -0.2) is 21.9 Å². The quantitative estimate of drug-likeness (QED) is 0.466. The van der Waals surface area contributed by atoms with Gasteiger partial charge in [0.15, 0.2) is 0 Å². The Hall–Kier alpha value is -2.83. The van der Waals surface area contributed by atoms with E-state index in [0.717, 1.165) is 22.0 Å². The van der Waals surface area contributed by atoms with Crippen molar-refractivity contribution in [3.63, 3.8) is 0 Å². The minimum atomic E-state index is -0.140. The number of thioether (sulfide) groups is 1. The maximum Gasteiger partial charge on any atom is 0.277 e. The average molecular weight is 396 g/mol. The fourth-order valence-electron chi connectivity index (χ4n) is 2.65. The van der Waals surface area contributed by atoms with Crippen molar-refractivity contribution in [2.24, 2.45) is 0 Å². The average Bonchev–Trinajstić information content (AvgIpc) is 3.16. The van der Waals surface area contributed by atoms with Gasteiger partial charge in [0.1, 0.15) is 0 Å². The Bertz CT molecular complexity index is 1110. The molecule has 1 amide bonds. The van der Waals surface area contributed by atoms with Crippen LogP contribution in [0.15, 0.2) is 76.4 Å². The zero-order valence-electron chi connectivity index (χ0n) is 14.1. The van der Waals surface area contributed by atoms with E-state index in [1.165, 1.54) is 11.8 Å². The van der Waals surface area contributed by atoms with Crippen LogP contribution in [0.5, 0.6) is 0 Å². The number of anilines is 1. The maximum absolute atomic E-state index is 12.3. The van der Waals surface area contributed by atoms with Gasteiger partial charge in [0.05, 0.1) is 5.75 Å². The van der Waals surface area contributed by atoms with E-state index in [-0.39, 0.29) is 11.7 Å². The maximum atomic E-state index is 12.3. The SMILES string of the molecule is O=C(CSc1nnc(-c2cccc(Cl)c2)o1)Nc1cccc2ccccc12. The number of carbonyl (C=O) groups is 1. The lowest BCUT2D eigenvalue weighted by atomic mass is 10.1. The van der Waals surface area contributed by atoms with E-state index in [0.29, 0.717) is 16.1 Å². The summed E-state index contributed by atoms with van der Waals surface area (Å²) in [7, 11) is 0. The first-order chi connectivity index (χ1) is 13.2. The van der Waals surface area contributed by atoms with Crippen molar-refractivity contribution in [1.82, 2.24) is 10.2 Å². The minimum Gasteiger partial charge on any atom is -0.411 e. The fraction of sp³-hybridized carbons (Fsp3) is 0.0500. The largest absolute Gasteiger partial charge is 0.411 e. The van der Waals surface area contributed by atoms with E-state index in [1.807, 2.05) is 54.6 Å². The lowest BCUT2D eigenvalue weighted by Crippen LogP contribution is -2.14. The molecule has 3 aromatic carbocycles. The molecule has 27 heavy (non-hydrogen) atoms. The summed E-state index contributed by atoms with van der Waals surface area (Å²) in [6.45, 7) is 0. The molecule has 134 valence electrons. The van der Waals surface area contributed by atoms with E-state index >= 15 is 0 Å². The Morgan fingerprint density at radius 1 is 1.04 bits per heavy atom. The Labute approximate surface area is 164 Å². The van der Waals surface area contributed by atoms with Gasteiger partial charge in [-0.15, -0.1) is 10.2 Å². The van der Waals surface area contributed by atoms with Crippen LogP contribution >= 0.6 is 23.4 Å². The van der Waals surface area contributed by atoms with Crippen LogP contribution in [0.25, 0.3) is 22.2 Å². The number of rotatable bonds is 5. The topological polar surface area (TPSA) is 68.0 Å². The van der Waals surface area contributed by atoms with E-state index < -0.39 is 0 Å². The molecule has 4 aromatic rings. The van der Waals surface area contributed by atoms with Gasteiger partial charge in [0.2, 0.25) is 11.8 Å². The van der Waals surface area contributed by atoms with Crippen LogP contribution in [0.4, 0.5) is 5.69 Å². The van der Waals surface area contributed by atoms with Gasteiger partial charge in [0, 0.05) is 21.7 Å². The predicted molar refractivity (Wildman–Crippen MR) is 108 cm³/mol. The molecule has 0 aliphatic carbocycles. The van der Waals surface area contributed by atoms with Crippen LogP contribution in [0.3, 0.4) is 0 Å². The van der Waals surface area contributed by atoms with Crippen LogP contribution in [-0.2, 0) is 4.79 Å². The summed E-state index contributed by atoms with van der Waals surface area (Å²) in [4.78, 5) is 12.3. The molecular formula is C20H14ClN3O2S. The van der Waals surface area contributed by atoms with E-state index in [1.54, 1.807) is 12.1 Å². The van der Waals surface area contributed by atoms with E-state index in [4.69, 9.17) is 16.0 Å². The Balaban J connectivity index is 1.41. The molecule has 5 nitrogen and oxygen atoms in total. The molecule has 4 rings (SSSR count). The molecule has 1 aromatic heterocycles. The molecule has 0 saturated heterocycles. The summed E-state index contributed by atoms with van der Waals surface area (Å²) in [6, 6.07) is 20.9. The number of nitrogens with one attached hydrogen (secondary N) is 1. The van der Waals surface area contributed by atoms with Crippen molar-refractivity contribution in [3.05, 3.63) is 71.8 Å². The van der Waals surface area contributed by atoms with Crippen molar-refractivity contribution in [3.8, 4) is 11.5 Å². The summed E-state index contributed by atoms with van der Waals surface area (Å²) >= 11 is 7.16. The van der Waals surface area contributed by atoms with Gasteiger partial charge < -0.3 is 9.73 Å². The molecule has 0 radical (unpaired) electrons. The molecule has 0 fully saturated rings. The first-order valence-electron chi connectivity index (χ1n) is 8.19. The zero-order chi connectivity index (χ0) is 18.6. The molecule has 0 aliphatic heterocycles. The van der Waals surface area contributed by atoms with E-state index in [9.17, 15) is 4.79 Å². The third-order valence-corrected chi connectivity index (χ3v) is 4.92. The lowest BCUT2D eigenvalue weighted by molar-refractivity contribution is -0.113. The Morgan fingerprint density at radius 2 is 1.85 bits per heavy atom. The van der Waals surface area contributed by atoms with Gasteiger partial charge in [-0.25, -0.2) is 0 Å². The number of aromatic nitrogens is 2. The molecule has 0 aliphatic rings. The first kappa shape index (κ1) is 17.6. The van der Waals surface area contributed by atoms with Crippen LogP contribution in [0, 0.1) is 0 Å². The second kappa shape index (κ2) is 7.82. The van der Waals surface area contributed by atoms with Crippen molar-refractivity contribution in [2.45, 2.75) is 5.22 Å². The number of hydrogen-bond donors (Lipinski definition) is 1. The fourth-order valence-corrected chi connectivity index (χ4v) is 3.41. The van der Waals surface area contributed by atoms with Gasteiger partial charge in [-0.2, -0.15) is 0 Å². The number of amides is 1. The Kier molecular flexibility index (Phi) is 5.09. The number of halogens is 1. The van der Waals surface area contributed by atoms with Gasteiger partial charge in [-0.3, -0.25) is 4.79 Å². The molecule has 7 heteroatoms. The molecule has 1 N–H and O–H groups in total. The summed E-state index contributed by atoms with van der Waals surface area (Å²) in [5, 5.41) is 13.9. The molecular weight excluding hydrogens is 382 g/mol. The first-order valence-corrected chi connectivity index (χ1v) is 9.55. The third kappa shape index (κ3) is 4.13. The third-order valence-electron chi connectivity index (χ3n) is 3.87. The monoisotopic (exact) mass is 395 g/mol. The summed E-state index contributed by atoms with van der Waals surface area (Å²) in [6.07, 6.45) is 0. The second-order valence-electron chi connectivity index (χ2n) is 5.75. The number of nitrogens with zero attached hydrogens (tertiary/aromatic N) is 2. The minimum absolute atomic E-state index is 0.140.